The summed E-state index contributed by atoms with van der Waals surface area (Å²) in [6.45, 7) is 8.73. The zero-order valence-corrected chi connectivity index (χ0v) is 10.0. The lowest BCUT2D eigenvalue weighted by atomic mass is 9.97. The molecule has 0 aliphatic rings. The lowest BCUT2D eigenvalue weighted by Gasteiger charge is -2.08. The minimum atomic E-state index is -0.606. The maximum Gasteiger partial charge on any atom is 0.508 e. The molecule has 0 N–H and O–H groups in total. The monoisotopic (exact) mass is 212 g/mol. The van der Waals surface area contributed by atoms with Crippen LogP contribution in [0.5, 0.6) is 0 Å². The molecule has 15 heavy (non-hydrogen) atoms. The highest BCUT2D eigenvalue weighted by Crippen LogP contribution is 2.13. The zero-order chi connectivity index (χ0) is 11.7. The molecule has 0 aliphatic carbocycles. The predicted octanol–water partition coefficient (Wildman–Crippen LogP) is 3.31. The number of ether oxygens (including phenoxy) is 2. The molecular weight excluding hydrogens is 192 g/mol. The molecular formula is C12H20O3. The van der Waals surface area contributed by atoms with Crippen molar-refractivity contribution >= 4 is 6.16 Å². The first-order valence-electron chi connectivity index (χ1n) is 5.17. The lowest BCUT2D eigenvalue weighted by Crippen LogP contribution is -2.07. The molecule has 0 spiro atoms. The number of carbonyl (C=O) groups is 1. The number of hydrogen-bond acceptors (Lipinski definition) is 3. The van der Waals surface area contributed by atoms with E-state index in [2.05, 4.69) is 31.2 Å². The minimum Gasteiger partial charge on any atom is -0.435 e. The summed E-state index contributed by atoms with van der Waals surface area (Å²) in [6.07, 6.45) is 3.89. The average Bonchev–Trinajstić information content (AvgIpc) is 2.09. The van der Waals surface area contributed by atoms with Gasteiger partial charge in [-0.25, -0.2) is 4.79 Å². The third-order valence-electron chi connectivity index (χ3n) is 1.38. The fourth-order valence-electron chi connectivity index (χ4n) is 0.753. The molecule has 0 aromatic heterocycles. The largest absolute Gasteiger partial charge is 0.508 e. The molecule has 0 radical (unpaired) electrons. The quantitative estimate of drug-likeness (QED) is 0.407. The SMILES string of the molecule is CCOC(=O)OCCC=C=CC(C)(C)C. The van der Waals surface area contributed by atoms with Crippen molar-refractivity contribution in [1.82, 2.24) is 0 Å². The van der Waals surface area contributed by atoms with Gasteiger partial charge in [0.25, 0.3) is 0 Å². The van der Waals surface area contributed by atoms with E-state index in [9.17, 15) is 4.79 Å². The summed E-state index contributed by atoms with van der Waals surface area (Å²) in [5.41, 5.74) is 3.19. The van der Waals surface area contributed by atoms with Crippen LogP contribution < -0.4 is 0 Å². The summed E-state index contributed by atoms with van der Waals surface area (Å²) in [4.78, 5) is 10.7. The van der Waals surface area contributed by atoms with E-state index < -0.39 is 6.16 Å². The Hall–Kier alpha value is -1.21. The summed E-state index contributed by atoms with van der Waals surface area (Å²) in [5.74, 6) is 0. The highest BCUT2D eigenvalue weighted by Gasteiger charge is 2.02. The van der Waals surface area contributed by atoms with Crippen LogP contribution in [-0.2, 0) is 9.47 Å². The fourth-order valence-corrected chi connectivity index (χ4v) is 0.753. The molecule has 0 heterocycles. The van der Waals surface area contributed by atoms with Crippen LogP contribution >= 0.6 is 0 Å². The molecule has 0 saturated heterocycles. The van der Waals surface area contributed by atoms with Crippen LogP contribution in [0.15, 0.2) is 17.9 Å². The zero-order valence-electron chi connectivity index (χ0n) is 10.0. The molecule has 0 unspecified atom stereocenters. The van der Waals surface area contributed by atoms with Gasteiger partial charge >= 0.3 is 6.16 Å². The summed E-state index contributed by atoms with van der Waals surface area (Å²) in [6, 6.07) is 0. The van der Waals surface area contributed by atoms with Gasteiger partial charge in [0.1, 0.15) is 0 Å². The van der Waals surface area contributed by atoms with Gasteiger partial charge in [-0.2, -0.15) is 0 Å². The van der Waals surface area contributed by atoms with Gasteiger partial charge in [0.15, 0.2) is 0 Å². The Kier molecular flexibility index (Phi) is 6.56. The van der Waals surface area contributed by atoms with Crippen molar-refractivity contribution < 1.29 is 14.3 Å². The second-order valence-electron chi connectivity index (χ2n) is 4.20. The van der Waals surface area contributed by atoms with E-state index in [0.717, 1.165) is 0 Å². The first-order valence-corrected chi connectivity index (χ1v) is 5.17. The van der Waals surface area contributed by atoms with Crippen LogP contribution in [0.4, 0.5) is 4.79 Å². The number of rotatable bonds is 4. The first kappa shape index (κ1) is 13.8. The van der Waals surface area contributed by atoms with Crippen LogP contribution in [0.2, 0.25) is 0 Å². The Labute approximate surface area is 91.8 Å². The van der Waals surface area contributed by atoms with Crippen molar-refractivity contribution in [2.45, 2.75) is 34.1 Å². The average molecular weight is 212 g/mol. The number of hydrogen-bond donors (Lipinski definition) is 0. The smallest absolute Gasteiger partial charge is 0.435 e. The van der Waals surface area contributed by atoms with Crippen molar-refractivity contribution in [3.05, 3.63) is 17.9 Å². The second-order valence-corrected chi connectivity index (χ2v) is 4.20. The fraction of sp³-hybridized carbons (Fsp3) is 0.667. The van der Waals surface area contributed by atoms with Crippen LogP contribution in [0.1, 0.15) is 34.1 Å². The molecule has 0 aromatic rings. The van der Waals surface area contributed by atoms with Gasteiger partial charge in [0.2, 0.25) is 0 Å². The van der Waals surface area contributed by atoms with E-state index in [0.29, 0.717) is 19.6 Å². The Morgan fingerprint density at radius 2 is 2.00 bits per heavy atom. The Balaban J connectivity index is 3.63. The van der Waals surface area contributed by atoms with Gasteiger partial charge in [-0.05, 0) is 24.5 Å². The Bertz CT molecular complexity index is 242. The van der Waals surface area contributed by atoms with E-state index in [1.165, 1.54) is 0 Å². The molecule has 0 saturated carbocycles. The maximum absolute atomic E-state index is 10.7. The molecule has 3 nitrogen and oxygen atoms in total. The molecule has 0 aliphatic heterocycles. The van der Waals surface area contributed by atoms with Gasteiger partial charge in [0, 0.05) is 6.42 Å². The summed E-state index contributed by atoms with van der Waals surface area (Å²) in [7, 11) is 0. The number of carbonyl (C=O) groups excluding carboxylic acids is 1. The highest BCUT2D eigenvalue weighted by molar-refractivity contribution is 5.59. The Morgan fingerprint density at radius 1 is 1.33 bits per heavy atom. The van der Waals surface area contributed by atoms with E-state index in [1.54, 1.807) is 6.92 Å². The Morgan fingerprint density at radius 3 is 2.53 bits per heavy atom. The van der Waals surface area contributed by atoms with Crippen molar-refractivity contribution in [1.29, 1.82) is 0 Å². The van der Waals surface area contributed by atoms with Crippen molar-refractivity contribution in [2.24, 2.45) is 5.41 Å². The van der Waals surface area contributed by atoms with Gasteiger partial charge in [-0.1, -0.05) is 20.8 Å². The molecule has 0 rings (SSSR count). The second kappa shape index (κ2) is 7.13. The molecule has 0 fully saturated rings. The normalized spacial score (nSPS) is 10.1. The summed E-state index contributed by atoms with van der Waals surface area (Å²) >= 11 is 0. The van der Waals surface area contributed by atoms with Gasteiger partial charge in [0.05, 0.1) is 13.2 Å². The molecule has 0 amide bonds. The van der Waals surface area contributed by atoms with E-state index in [-0.39, 0.29) is 5.41 Å². The highest BCUT2D eigenvalue weighted by atomic mass is 16.7. The summed E-state index contributed by atoms with van der Waals surface area (Å²) < 4.78 is 9.37. The van der Waals surface area contributed by atoms with Gasteiger partial charge < -0.3 is 9.47 Å². The van der Waals surface area contributed by atoms with E-state index >= 15 is 0 Å². The third-order valence-corrected chi connectivity index (χ3v) is 1.38. The van der Waals surface area contributed by atoms with E-state index in [1.807, 2.05) is 12.2 Å². The molecule has 3 heteroatoms. The lowest BCUT2D eigenvalue weighted by molar-refractivity contribution is 0.0604. The topological polar surface area (TPSA) is 35.5 Å². The van der Waals surface area contributed by atoms with Crippen molar-refractivity contribution in [3.8, 4) is 0 Å². The minimum absolute atomic E-state index is 0.137. The van der Waals surface area contributed by atoms with Crippen LogP contribution in [0.25, 0.3) is 0 Å². The van der Waals surface area contributed by atoms with Crippen LogP contribution in [0.3, 0.4) is 0 Å². The van der Waals surface area contributed by atoms with Crippen LogP contribution in [-0.4, -0.2) is 19.4 Å². The first-order chi connectivity index (χ1) is 6.95. The maximum atomic E-state index is 10.7. The molecule has 0 bridgehead atoms. The standard InChI is InChI=1S/C12H20O3/c1-5-14-11(13)15-10-8-6-7-9-12(2,3)4/h6,9H,5,8,10H2,1-4H3. The summed E-state index contributed by atoms with van der Waals surface area (Å²) in [5, 5.41) is 0. The predicted molar refractivity (Wildman–Crippen MR) is 59.7 cm³/mol. The van der Waals surface area contributed by atoms with E-state index in [4.69, 9.17) is 4.74 Å². The van der Waals surface area contributed by atoms with Crippen molar-refractivity contribution in [2.75, 3.05) is 13.2 Å². The van der Waals surface area contributed by atoms with Gasteiger partial charge in [-0.3, -0.25) is 0 Å². The van der Waals surface area contributed by atoms with Crippen molar-refractivity contribution in [3.63, 3.8) is 0 Å². The molecule has 0 atom stereocenters. The molecule has 86 valence electrons. The van der Waals surface area contributed by atoms with Crippen LogP contribution in [0, 0.1) is 5.41 Å². The third kappa shape index (κ3) is 10.7. The molecule has 0 aromatic carbocycles. The van der Waals surface area contributed by atoms with Gasteiger partial charge in [-0.15, -0.1) is 5.73 Å².